The average Bonchev–Trinajstić information content (AvgIpc) is 3.33. The first-order valence-electron chi connectivity index (χ1n) is 10.2. The summed E-state index contributed by atoms with van der Waals surface area (Å²) in [4.78, 5) is 7.74. The SMILES string of the molecule is COc1ccc2c(c1)c(C=NNc1nc3ccccc3[nH]1)c(C)n2Cc1ccccc1. The van der Waals surface area contributed by atoms with Crippen LogP contribution in [0.15, 0.2) is 77.9 Å². The van der Waals surface area contributed by atoms with Gasteiger partial charge in [0.25, 0.3) is 0 Å². The molecule has 0 aliphatic rings. The van der Waals surface area contributed by atoms with Crippen molar-refractivity contribution >= 4 is 34.1 Å². The maximum Gasteiger partial charge on any atom is 0.222 e. The van der Waals surface area contributed by atoms with Crippen LogP contribution in [-0.4, -0.2) is 27.9 Å². The summed E-state index contributed by atoms with van der Waals surface area (Å²) in [5, 5.41) is 5.57. The molecule has 2 aromatic heterocycles. The van der Waals surface area contributed by atoms with Gasteiger partial charge in [-0.2, -0.15) is 5.10 Å². The molecule has 0 saturated heterocycles. The maximum atomic E-state index is 5.47. The van der Waals surface area contributed by atoms with Gasteiger partial charge in [0.1, 0.15) is 5.75 Å². The molecule has 154 valence electrons. The number of benzene rings is 3. The van der Waals surface area contributed by atoms with E-state index in [2.05, 4.69) is 68.4 Å². The number of hydrazone groups is 1. The van der Waals surface area contributed by atoms with E-state index in [1.807, 2.05) is 42.6 Å². The fourth-order valence-corrected chi connectivity index (χ4v) is 3.91. The van der Waals surface area contributed by atoms with E-state index >= 15 is 0 Å². The Hall–Kier alpha value is -4.06. The summed E-state index contributed by atoms with van der Waals surface area (Å²) in [6.07, 6.45) is 1.85. The molecule has 0 bridgehead atoms. The highest BCUT2D eigenvalue weighted by atomic mass is 16.5. The van der Waals surface area contributed by atoms with E-state index in [1.54, 1.807) is 7.11 Å². The standard InChI is InChI=1S/C25H23N5O/c1-17-21(15-26-29-25-27-22-10-6-7-11-23(22)28-25)20-14-19(31-2)12-13-24(20)30(17)16-18-8-4-3-5-9-18/h3-15H,16H2,1-2H3,(H2,27,28,29). The number of hydrogen-bond donors (Lipinski definition) is 2. The molecule has 2 heterocycles. The number of imidazole rings is 1. The van der Waals surface area contributed by atoms with E-state index in [4.69, 9.17) is 4.74 Å². The molecule has 0 fully saturated rings. The predicted octanol–water partition coefficient (Wildman–Crippen LogP) is 5.33. The minimum Gasteiger partial charge on any atom is -0.497 e. The molecular weight excluding hydrogens is 386 g/mol. The molecule has 0 spiro atoms. The van der Waals surface area contributed by atoms with E-state index in [0.717, 1.165) is 45.5 Å². The number of aromatic amines is 1. The lowest BCUT2D eigenvalue weighted by molar-refractivity contribution is 0.415. The Labute approximate surface area is 180 Å². The number of aromatic nitrogens is 3. The number of H-pyrrole nitrogens is 1. The lowest BCUT2D eigenvalue weighted by Crippen LogP contribution is -2.02. The smallest absolute Gasteiger partial charge is 0.222 e. The van der Waals surface area contributed by atoms with Crippen molar-refractivity contribution in [2.24, 2.45) is 5.10 Å². The van der Waals surface area contributed by atoms with Crippen LogP contribution >= 0.6 is 0 Å². The van der Waals surface area contributed by atoms with Crippen LogP contribution in [-0.2, 0) is 6.54 Å². The number of methoxy groups -OCH3 is 1. The Morgan fingerprint density at radius 2 is 1.87 bits per heavy atom. The van der Waals surface area contributed by atoms with E-state index in [-0.39, 0.29) is 0 Å². The van der Waals surface area contributed by atoms with Crippen molar-refractivity contribution in [2.75, 3.05) is 12.5 Å². The number of nitrogens with zero attached hydrogens (tertiary/aromatic N) is 3. The molecule has 0 aliphatic carbocycles. The second kappa shape index (κ2) is 7.99. The van der Waals surface area contributed by atoms with Crippen LogP contribution < -0.4 is 10.2 Å². The first kappa shape index (κ1) is 18.9. The predicted molar refractivity (Wildman–Crippen MR) is 126 cm³/mol. The summed E-state index contributed by atoms with van der Waals surface area (Å²) in [5.41, 5.74) is 9.49. The number of para-hydroxylation sites is 2. The van der Waals surface area contributed by atoms with Gasteiger partial charge < -0.3 is 14.3 Å². The number of hydrogen-bond acceptors (Lipinski definition) is 4. The Balaban J connectivity index is 1.51. The summed E-state index contributed by atoms with van der Waals surface area (Å²) < 4.78 is 7.78. The molecule has 0 unspecified atom stereocenters. The van der Waals surface area contributed by atoms with E-state index in [0.29, 0.717) is 5.95 Å². The van der Waals surface area contributed by atoms with Gasteiger partial charge in [0.05, 0.1) is 24.4 Å². The van der Waals surface area contributed by atoms with Crippen LogP contribution in [0.2, 0.25) is 0 Å². The van der Waals surface area contributed by atoms with Gasteiger partial charge in [-0.15, -0.1) is 0 Å². The highest BCUT2D eigenvalue weighted by molar-refractivity contribution is 6.02. The topological polar surface area (TPSA) is 67.2 Å². The molecule has 0 saturated carbocycles. The number of ether oxygens (including phenoxy) is 1. The summed E-state index contributed by atoms with van der Waals surface area (Å²) in [5.74, 6) is 1.44. The molecule has 0 atom stereocenters. The monoisotopic (exact) mass is 409 g/mol. The number of fused-ring (bicyclic) bond motifs is 2. The molecule has 3 aromatic carbocycles. The van der Waals surface area contributed by atoms with Crippen LogP contribution in [0.4, 0.5) is 5.95 Å². The Morgan fingerprint density at radius 3 is 2.68 bits per heavy atom. The van der Waals surface area contributed by atoms with Gasteiger partial charge in [0, 0.05) is 28.7 Å². The highest BCUT2D eigenvalue weighted by Gasteiger charge is 2.14. The maximum absolute atomic E-state index is 5.47. The molecule has 6 nitrogen and oxygen atoms in total. The van der Waals surface area contributed by atoms with Crippen molar-refractivity contribution in [2.45, 2.75) is 13.5 Å². The zero-order valence-electron chi connectivity index (χ0n) is 17.5. The van der Waals surface area contributed by atoms with Crippen molar-refractivity contribution in [1.82, 2.24) is 14.5 Å². The van der Waals surface area contributed by atoms with Gasteiger partial charge in [0.15, 0.2) is 0 Å². The zero-order chi connectivity index (χ0) is 21.2. The zero-order valence-corrected chi connectivity index (χ0v) is 17.5. The third-order valence-electron chi connectivity index (χ3n) is 5.52. The van der Waals surface area contributed by atoms with Gasteiger partial charge in [-0.3, -0.25) is 0 Å². The van der Waals surface area contributed by atoms with Crippen molar-refractivity contribution in [1.29, 1.82) is 0 Å². The fraction of sp³-hybridized carbons (Fsp3) is 0.120. The summed E-state index contributed by atoms with van der Waals surface area (Å²) in [6.45, 7) is 2.91. The molecule has 0 radical (unpaired) electrons. The van der Waals surface area contributed by atoms with E-state index in [9.17, 15) is 0 Å². The van der Waals surface area contributed by atoms with Crippen molar-refractivity contribution in [3.63, 3.8) is 0 Å². The second-order valence-corrected chi connectivity index (χ2v) is 7.43. The van der Waals surface area contributed by atoms with Gasteiger partial charge in [-0.25, -0.2) is 10.4 Å². The second-order valence-electron chi connectivity index (χ2n) is 7.43. The van der Waals surface area contributed by atoms with Crippen molar-refractivity contribution in [3.8, 4) is 5.75 Å². The lowest BCUT2D eigenvalue weighted by atomic mass is 10.1. The highest BCUT2D eigenvalue weighted by Crippen LogP contribution is 2.29. The number of rotatable bonds is 6. The van der Waals surface area contributed by atoms with E-state index in [1.165, 1.54) is 5.56 Å². The average molecular weight is 409 g/mol. The third kappa shape index (κ3) is 3.64. The van der Waals surface area contributed by atoms with E-state index < -0.39 is 0 Å². The molecule has 5 aromatic rings. The van der Waals surface area contributed by atoms with Gasteiger partial charge in [-0.1, -0.05) is 42.5 Å². The summed E-state index contributed by atoms with van der Waals surface area (Å²) >= 11 is 0. The van der Waals surface area contributed by atoms with Gasteiger partial charge in [0.2, 0.25) is 5.95 Å². The molecule has 2 N–H and O–H groups in total. The Kier molecular flexibility index (Phi) is 4.88. The molecule has 0 amide bonds. The fourth-order valence-electron chi connectivity index (χ4n) is 3.91. The van der Waals surface area contributed by atoms with Crippen LogP contribution in [0.25, 0.3) is 21.9 Å². The molecule has 31 heavy (non-hydrogen) atoms. The van der Waals surface area contributed by atoms with Crippen LogP contribution in [0.3, 0.4) is 0 Å². The quantitative estimate of drug-likeness (QED) is 0.294. The van der Waals surface area contributed by atoms with Crippen molar-refractivity contribution in [3.05, 3.63) is 89.6 Å². The normalized spacial score (nSPS) is 11.5. The molecule has 6 heteroatoms. The van der Waals surface area contributed by atoms with Gasteiger partial charge >= 0.3 is 0 Å². The largest absolute Gasteiger partial charge is 0.497 e. The van der Waals surface area contributed by atoms with Crippen LogP contribution in [0.5, 0.6) is 5.75 Å². The minimum absolute atomic E-state index is 0.612. The van der Waals surface area contributed by atoms with Crippen molar-refractivity contribution < 1.29 is 4.74 Å². The third-order valence-corrected chi connectivity index (χ3v) is 5.52. The molecule has 5 rings (SSSR count). The number of nitrogens with one attached hydrogen (secondary N) is 2. The lowest BCUT2D eigenvalue weighted by Gasteiger charge is -2.09. The first-order valence-corrected chi connectivity index (χ1v) is 10.2. The molecule has 0 aliphatic heterocycles. The molecular formula is C25H23N5O. The summed E-state index contributed by atoms with van der Waals surface area (Å²) in [6, 6.07) is 24.5. The van der Waals surface area contributed by atoms with Crippen LogP contribution in [0.1, 0.15) is 16.8 Å². The Morgan fingerprint density at radius 1 is 1.06 bits per heavy atom. The van der Waals surface area contributed by atoms with Gasteiger partial charge in [-0.05, 0) is 42.8 Å². The summed E-state index contributed by atoms with van der Waals surface area (Å²) in [7, 11) is 1.69. The first-order chi connectivity index (χ1) is 15.2. The minimum atomic E-state index is 0.612. The Bertz CT molecular complexity index is 1350. The van der Waals surface area contributed by atoms with Crippen LogP contribution in [0, 0.1) is 6.92 Å². The number of anilines is 1.